The largest absolute Gasteiger partial charge is 0.343 e. The smallest absolute Gasteiger partial charge is 0.240 e. The zero-order valence-corrected chi connectivity index (χ0v) is 12.6. The van der Waals surface area contributed by atoms with Crippen LogP contribution in [0.15, 0.2) is 23.2 Å². The number of carbonyl (C=O) groups is 1. The lowest BCUT2D eigenvalue weighted by Crippen LogP contribution is -2.45. The predicted octanol–water partition coefficient (Wildman–Crippen LogP) is 1.02. The first-order valence-electron chi connectivity index (χ1n) is 6.28. The van der Waals surface area contributed by atoms with E-state index >= 15 is 0 Å². The van der Waals surface area contributed by atoms with Crippen molar-refractivity contribution in [2.45, 2.75) is 30.7 Å². The lowest BCUT2D eigenvalue weighted by molar-refractivity contribution is -0.129. The molecule has 1 fully saturated rings. The van der Waals surface area contributed by atoms with E-state index in [9.17, 15) is 13.2 Å². The molecule has 1 N–H and O–H groups in total. The molecule has 0 bridgehead atoms. The number of aromatic nitrogens is 1. The fourth-order valence-corrected chi connectivity index (χ4v) is 3.71. The van der Waals surface area contributed by atoms with Crippen LogP contribution in [-0.2, 0) is 14.8 Å². The van der Waals surface area contributed by atoms with Crippen LogP contribution in [0.1, 0.15) is 19.8 Å². The van der Waals surface area contributed by atoms with Gasteiger partial charge in [0.25, 0.3) is 0 Å². The summed E-state index contributed by atoms with van der Waals surface area (Å²) in [5.41, 5.74) is 0. The number of nitrogens with one attached hydrogen (secondary N) is 1. The second-order valence-electron chi connectivity index (χ2n) is 4.72. The Labute approximate surface area is 123 Å². The fraction of sp³-hybridized carbons (Fsp3) is 0.500. The van der Waals surface area contributed by atoms with Crippen LogP contribution in [-0.4, -0.2) is 43.3 Å². The van der Waals surface area contributed by atoms with Gasteiger partial charge in [-0.2, -0.15) is 0 Å². The standard InChI is InChI=1S/C12H16ClN3O3S/c1-9(17)16-6-3-10(4-7-16)15-20(18,19)11-2-5-14-12(13)8-11/h2,5,8,10,15H,3-4,6-7H2,1H3. The average Bonchev–Trinajstić information content (AvgIpc) is 2.39. The molecule has 2 heterocycles. The highest BCUT2D eigenvalue weighted by Crippen LogP contribution is 2.16. The van der Waals surface area contributed by atoms with Crippen LogP contribution >= 0.6 is 11.6 Å². The third kappa shape index (κ3) is 3.68. The number of halogens is 1. The number of sulfonamides is 1. The molecule has 1 aliphatic rings. The van der Waals surface area contributed by atoms with Crippen molar-refractivity contribution in [1.29, 1.82) is 0 Å². The molecule has 8 heteroatoms. The van der Waals surface area contributed by atoms with Crippen molar-refractivity contribution in [2.75, 3.05) is 13.1 Å². The van der Waals surface area contributed by atoms with Crippen LogP contribution in [0.3, 0.4) is 0 Å². The number of hydrogen-bond donors (Lipinski definition) is 1. The van der Waals surface area contributed by atoms with Crippen LogP contribution in [0, 0.1) is 0 Å². The lowest BCUT2D eigenvalue weighted by Gasteiger charge is -2.31. The van der Waals surface area contributed by atoms with Gasteiger partial charge in [0, 0.05) is 32.3 Å². The summed E-state index contributed by atoms with van der Waals surface area (Å²) in [7, 11) is -3.60. The summed E-state index contributed by atoms with van der Waals surface area (Å²) in [6.45, 7) is 2.66. The summed E-state index contributed by atoms with van der Waals surface area (Å²) < 4.78 is 27.0. The molecule has 0 unspecified atom stereocenters. The van der Waals surface area contributed by atoms with Crippen LogP contribution in [0.25, 0.3) is 0 Å². The van der Waals surface area contributed by atoms with Gasteiger partial charge < -0.3 is 4.90 Å². The Bertz CT molecular complexity index is 598. The molecule has 0 aliphatic carbocycles. The highest BCUT2D eigenvalue weighted by atomic mass is 35.5. The van der Waals surface area contributed by atoms with Crippen molar-refractivity contribution < 1.29 is 13.2 Å². The Morgan fingerprint density at radius 2 is 2.10 bits per heavy atom. The van der Waals surface area contributed by atoms with E-state index in [1.54, 1.807) is 4.90 Å². The minimum atomic E-state index is -3.60. The zero-order chi connectivity index (χ0) is 14.8. The van der Waals surface area contributed by atoms with Crippen molar-refractivity contribution in [2.24, 2.45) is 0 Å². The number of pyridine rings is 1. The molecule has 1 aromatic heterocycles. The Morgan fingerprint density at radius 1 is 1.45 bits per heavy atom. The van der Waals surface area contributed by atoms with Gasteiger partial charge in [-0.3, -0.25) is 4.79 Å². The highest BCUT2D eigenvalue weighted by molar-refractivity contribution is 7.89. The summed E-state index contributed by atoms with van der Waals surface area (Å²) in [5, 5.41) is 0.138. The summed E-state index contributed by atoms with van der Waals surface area (Å²) >= 11 is 5.70. The molecule has 6 nitrogen and oxygen atoms in total. The number of amides is 1. The van der Waals surface area contributed by atoms with Gasteiger partial charge in [-0.15, -0.1) is 0 Å². The third-order valence-corrected chi connectivity index (χ3v) is 5.00. The van der Waals surface area contributed by atoms with E-state index in [4.69, 9.17) is 11.6 Å². The number of hydrogen-bond acceptors (Lipinski definition) is 4. The lowest BCUT2D eigenvalue weighted by atomic mass is 10.1. The molecule has 0 aromatic carbocycles. The minimum absolute atomic E-state index is 0.0206. The quantitative estimate of drug-likeness (QED) is 0.844. The zero-order valence-electron chi connectivity index (χ0n) is 11.0. The number of rotatable bonds is 3. The van der Waals surface area contributed by atoms with Crippen molar-refractivity contribution in [3.63, 3.8) is 0 Å². The van der Waals surface area contributed by atoms with E-state index in [0.29, 0.717) is 25.9 Å². The average molecular weight is 318 g/mol. The van der Waals surface area contributed by atoms with Crippen LogP contribution < -0.4 is 4.72 Å². The summed E-state index contributed by atoms with van der Waals surface area (Å²) in [5.74, 6) is 0.0206. The Balaban J connectivity index is 2.02. The molecule has 110 valence electrons. The van der Waals surface area contributed by atoms with Crippen LogP contribution in [0.5, 0.6) is 0 Å². The predicted molar refractivity (Wildman–Crippen MR) is 74.8 cm³/mol. The second kappa shape index (κ2) is 6.07. The molecular formula is C12H16ClN3O3S. The Hall–Kier alpha value is -1.18. The van der Waals surface area contributed by atoms with Crippen LogP contribution in [0.4, 0.5) is 0 Å². The van der Waals surface area contributed by atoms with Crippen molar-refractivity contribution >= 4 is 27.5 Å². The van der Waals surface area contributed by atoms with Gasteiger partial charge in [0.05, 0.1) is 4.90 Å². The van der Waals surface area contributed by atoms with Gasteiger partial charge in [0.1, 0.15) is 5.15 Å². The fourth-order valence-electron chi connectivity index (χ4n) is 2.15. The van der Waals surface area contributed by atoms with E-state index < -0.39 is 10.0 Å². The second-order valence-corrected chi connectivity index (χ2v) is 6.82. The first-order chi connectivity index (χ1) is 9.38. The van der Waals surface area contributed by atoms with Gasteiger partial charge in [-0.05, 0) is 25.0 Å². The maximum atomic E-state index is 12.2. The van der Waals surface area contributed by atoms with Crippen LogP contribution in [0.2, 0.25) is 5.15 Å². The maximum Gasteiger partial charge on any atom is 0.240 e. The minimum Gasteiger partial charge on any atom is -0.343 e. The van der Waals surface area contributed by atoms with E-state index in [1.165, 1.54) is 25.3 Å². The van der Waals surface area contributed by atoms with Gasteiger partial charge in [0.2, 0.25) is 15.9 Å². The molecule has 1 aromatic rings. The van der Waals surface area contributed by atoms with Crippen molar-refractivity contribution in [3.05, 3.63) is 23.5 Å². The van der Waals surface area contributed by atoms with E-state index in [2.05, 4.69) is 9.71 Å². The van der Waals surface area contributed by atoms with Gasteiger partial charge >= 0.3 is 0 Å². The monoisotopic (exact) mass is 317 g/mol. The van der Waals surface area contributed by atoms with Gasteiger partial charge in [0.15, 0.2) is 0 Å². The number of nitrogens with zero attached hydrogens (tertiary/aromatic N) is 2. The summed E-state index contributed by atoms with van der Waals surface area (Å²) in [4.78, 5) is 16.8. The van der Waals surface area contributed by atoms with Gasteiger partial charge in [-0.1, -0.05) is 11.6 Å². The Morgan fingerprint density at radius 3 is 2.65 bits per heavy atom. The molecule has 1 aliphatic heterocycles. The highest BCUT2D eigenvalue weighted by Gasteiger charge is 2.25. The summed E-state index contributed by atoms with van der Waals surface area (Å²) in [6.07, 6.45) is 2.57. The molecule has 1 amide bonds. The SMILES string of the molecule is CC(=O)N1CCC(NS(=O)(=O)c2ccnc(Cl)c2)CC1. The first-order valence-corrected chi connectivity index (χ1v) is 8.14. The Kier molecular flexibility index (Phi) is 4.62. The normalized spacial score (nSPS) is 17.2. The summed E-state index contributed by atoms with van der Waals surface area (Å²) in [6, 6.07) is 2.55. The molecule has 20 heavy (non-hydrogen) atoms. The molecule has 0 atom stereocenters. The molecule has 1 saturated heterocycles. The molecule has 0 radical (unpaired) electrons. The van der Waals surface area contributed by atoms with E-state index in [0.717, 1.165) is 0 Å². The van der Waals surface area contributed by atoms with Gasteiger partial charge in [-0.25, -0.2) is 18.1 Å². The van der Waals surface area contributed by atoms with E-state index in [1.807, 2.05) is 0 Å². The first kappa shape index (κ1) is 15.2. The number of piperidine rings is 1. The molecule has 2 rings (SSSR count). The maximum absolute atomic E-state index is 12.2. The van der Waals surface area contributed by atoms with E-state index in [-0.39, 0.29) is 22.0 Å². The number of likely N-dealkylation sites (tertiary alicyclic amines) is 1. The topological polar surface area (TPSA) is 79.4 Å². The molecule has 0 saturated carbocycles. The van der Waals surface area contributed by atoms with Crippen molar-refractivity contribution in [3.8, 4) is 0 Å². The third-order valence-electron chi connectivity index (χ3n) is 3.27. The molecular weight excluding hydrogens is 302 g/mol. The molecule has 0 spiro atoms. The number of carbonyl (C=O) groups excluding carboxylic acids is 1. The van der Waals surface area contributed by atoms with Crippen molar-refractivity contribution in [1.82, 2.24) is 14.6 Å².